The normalized spacial score (nSPS) is 12.4. The summed E-state index contributed by atoms with van der Waals surface area (Å²) in [4.78, 5) is 15.2. The highest BCUT2D eigenvalue weighted by Crippen LogP contribution is 2.30. The fourth-order valence-corrected chi connectivity index (χ4v) is 1.71. The van der Waals surface area contributed by atoms with E-state index in [1.54, 1.807) is 30.6 Å². The molecule has 2 aromatic rings. The molecule has 0 aliphatic heterocycles. The molecule has 1 unspecified atom stereocenters. The van der Waals surface area contributed by atoms with E-state index < -0.39 is 11.5 Å². The van der Waals surface area contributed by atoms with Crippen LogP contribution in [0.2, 0.25) is 5.02 Å². The quantitative estimate of drug-likeness (QED) is 0.852. The molecule has 88 valence electrons. The van der Waals surface area contributed by atoms with Crippen molar-refractivity contribution in [1.82, 2.24) is 4.98 Å². The van der Waals surface area contributed by atoms with Crippen molar-refractivity contribution >= 4 is 45.6 Å². The van der Waals surface area contributed by atoms with Gasteiger partial charge in [0.2, 0.25) is 0 Å². The lowest BCUT2D eigenvalue weighted by Crippen LogP contribution is -2.19. The Kier molecular flexibility index (Phi) is 3.45. The molecule has 2 rings (SSSR count). The van der Waals surface area contributed by atoms with Crippen molar-refractivity contribution in [2.24, 2.45) is 0 Å². The Morgan fingerprint density at radius 1 is 1.41 bits per heavy atom. The number of alkyl halides is 2. The van der Waals surface area contributed by atoms with Gasteiger partial charge in [0.25, 0.3) is 11.5 Å². The second-order valence-corrected chi connectivity index (χ2v) is 4.10. The average Bonchev–Trinajstić information content (AvgIpc) is 2.32. The Morgan fingerprint density at radius 3 is 2.88 bits per heavy atom. The molecule has 3 nitrogen and oxygen atoms in total. The maximum Gasteiger partial charge on any atom is 0.274 e. The minimum absolute atomic E-state index is 0.314. The second kappa shape index (κ2) is 4.85. The first-order valence-corrected chi connectivity index (χ1v) is 5.52. The van der Waals surface area contributed by atoms with E-state index >= 15 is 0 Å². The van der Waals surface area contributed by atoms with Crippen LogP contribution < -0.4 is 5.32 Å². The maximum atomic E-state index is 12.6. The predicted octanol–water partition coefficient (Wildman–Crippen LogP) is 3.36. The molecule has 0 spiro atoms. The van der Waals surface area contributed by atoms with E-state index in [1.807, 2.05) is 0 Å². The van der Waals surface area contributed by atoms with Gasteiger partial charge in [0.1, 0.15) is 0 Å². The third-order valence-electron chi connectivity index (χ3n) is 2.22. The van der Waals surface area contributed by atoms with E-state index in [0.29, 0.717) is 16.1 Å². The standard InChI is InChI=1S/C11H7Cl2FN2O/c12-8-2-1-6-5-15-4-3-7(6)9(8)16-11(17)10(13)14/h1-5,10H,(H,16,17). The molecule has 1 N–H and O–H groups in total. The van der Waals surface area contributed by atoms with Crippen molar-refractivity contribution in [1.29, 1.82) is 0 Å². The Labute approximate surface area is 107 Å². The summed E-state index contributed by atoms with van der Waals surface area (Å²) < 4.78 is 12.6. The Hall–Kier alpha value is -1.39. The van der Waals surface area contributed by atoms with Gasteiger partial charge in [0, 0.05) is 23.2 Å². The van der Waals surface area contributed by atoms with Crippen molar-refractivity contribution in [3.63, 3.8) is 0 Å². The van der Waals surface area contributed by atoms with Gasteiger partial charge in [-0.05, 0) is 12.1 Å². The lowest BCUT2D eigenvalue weighted by Gasteiger charge is -2.10. The molecule has 0 saturated carbocycles. The summed E-state index contributed by atoms with van der Waals surface area (Å²) in [5.74, 6) is -0.946. The van der Waals surface area contributed by atoms with Crippen LogP contribution in [0.1, 0.15) is 0 Å². The van der Waals surface area contributed by atoms with E-state index in [2.05, 4.69) is 10.3 Å². The lowest BCUT2D eigenvalue weighted by molar-refractivity contribution is -0.118. The first-order valence-electron chi connectivity index (χ1n) is 4.71. The van der Waals surface area contributed by atoms with Crippen LogP contribution in [0.15, 0.2) is 30.6 Å². The summed E-state index contributed by atoms with van der Waals surface area (Å²) >= 11 is 11.0. The fraction of sp³-hybridized carbons (Fsp3) is 0.0909. The van der Waals surface area contributed by atoms with Crippen molar-refractivity contribution in [2.75, 3.05) is 5.32 Å². The van der Waals surface area contributed by atoms with Crippen LogP contribution >= 0.6 is 23.2 Å². The molecule has 0 bridgehead atoms. The van der Waals surface area contributed by atoms with E-state index in [4.69, 9.17) is 23.2 Å². The number of amides is 1. The number of halogens is 3. The molecule has 0 aliphatic carbocycles. The van der Waals surface area contributed by atoms with Crippen molar-refractivity contribution in [3.05, 3.63) is 35.6 Å². The first-order chi connectivity index (χ1) is 8.09. The topological polar surface area (TPSA) is 42.0 Å². The van der Waals surface area contributed by atoms with Gasteiger partial charge >= 0.3 is 0 Å². The molecule has 0 radical (unpaired) electrons. The Morgan fingerprint density at radius 2 is 2.18 bits per heavy atom. The molecule has 1 amide bonds. The SMILES string of the molecule is O=C(Nc1c(Cl)ccc2cnccc12)C(F)Cl. The molecular formula is C11H7Cl2FN2O. The van der Waals surface area contributed by atoms with Crippen molar-refractivity contribution < 1.29 is 9.18 Å². The minimum Gasteiger partial charge on any atom is -0.321 e. The predicted molar refractivity (Wildman–Crippen MR) is 66.1 cm³/mol. The molecule has 0 fully saturated rings. The summed E-state index contributed by atoms with van der Waals surface area (Å²) in [6, 6.07) is 5.04. The zero-order valence-corrected chi connectivity index (χ0v) is 9.97. The van der Waals surface area contributed by atoms with Gasteiger partial charge in [0.15, 0.2) is 0 Å². The largest absolute Gasteiger partial charge is 0.321 e. The van der Waals surface area contributed by atoms with Gasteiger partial charge in [-0.1, -0.05) is 29.3 Å². The van der Waals surface area contributed by atoms with Gasteiger partial charge < -0.3 is 5.32 Å². The number of aromatic nitrogens is 1. The number of nitrogens with zero attached hydrogens (tertiary/aromatic N) is 1. The zero-order chi connectivity index (χ0) is 12.4. The molecule has 1 heterocycles. The number of carbonyl (C=O) groups excluding carboxylic acids is 1. The molecule has 0 aliphatic rings. The number of nitrogens with one attached hydrogen (secondary N) is 1. The van der Waals surface area contributed by atoms with E-state index in [1.165, 1.54) is 0 Å². The summed E-state index contributed by atoms with van der Waals surface area (Å²) in [5.41, 5.74) is -1.77. The number of carbonyl (C=O) groups is 1. The summed E-state index contributed by atoms with van der Waals surface area (Å²) in [7, 11) is 0. The molecule has 6 heteroatoms. The van der Waals surface area contributed by atoms with Crippen LogP contribution in [-0.4, -0.2) is 16.5 Å². The van der Waals surface area contributed by atoms with E-state index in [-0.39, 0.29) is 0 Å². The monoisotopic (exact) mass is 272 g/mol. The number of pyridine rings is 1. The van der Waals surface area contributed by atoms with E-state index in [9.17, 15) is 9.18 Å². The van der Waals surface area contributed by atoms with Crippen LogP contribution in [0.4, 0.5) is 10.1 Å². The molecular weight excluding hydrogens is 266 g/mol. The summed E-state index contributed by atoms with van der Waals surface area (Å²) in [6.45, 7) is 0. The summed E-state index contributed by atoms with van der Waals surface area (Å²) in [6.07, 6.45) is 3.18. The number of fused-ring (bicyclic) bond motifs is 1. The lowest BCUT2D eigenvalue weighted by atomic mass is 10.1. The smallest absolute Gasteiger partial charge is 0.274 e. The molecule has 17 heavy (non-hydrogen) atoms. The van der Waals surface area contributed by atoms with Crippen molar-refractivity contribution in [3.8, 4) is 0 Å². The summed E-state index contributed by atoms with van der Waals surface area (Å²) in [5, 5.41) is 4.13. The molecule has 1 aromatic heterocycles. The zero-order valence-electron chi connectivity index (χ0n) is 8.45. The van der Waals surface area contributed by atoms with Crippen LogP contribution in [0.3, 0.4) is 0 Å². The maximum absolute atomic E-state index is 12.6. The number of hydrogen-bond donors (Lipinski definition) is 1. The van der Waals surface area contributed by atoms with Crippen LogP contribution in [0, 0.1) is 0 Å². The second-order valence-electron chi connectivity index (χ2n) is 3.31. The minimum atomic E-state index is -2.11. The molecule has 0 saturated heterocycles. The number of hydrogen-bond acceptors (Lipinski definition) is 2. The first kappa shape index (κ1) is 12.1. The van der Waals surface area contributed by atoms with E-state index in [0.717, 1.165) is 5.39 Å². The third-order valence-corrected chi connectivity index (χ3v) is 2.73. The number of anilines is 1. The van der Waals surface area contributed by atoms with Crippen molar-refractivity contribution in [2.45, 2.75) is 5.63 Å². The van der Waals surface area contributed by atoms with Gasteiger partial charge in [-0.25, -0.2) is 4.39 Å². The van der Waals surface area contributed by atoms with Gasteiger partial charge in [-0.3, -0.25) is 9.78 Å². The van der Waals surface area contributed by atoms with Crippen LogP contribution in [0.5, 0.6) is 0 Å². The van der Waals surface area contributed by atoms with Gasteiger partial charge in [-0.15, -0.1) is 0 Å². The highest BCUT2D eigenvalue weighted by molar-refractivity contribution is 6.37. The van der Waals surface area contributed by atoms with Crippen LogP contribution in [-0.2, 0) is 4.79 Å². The number of benzene rings is 1. The highest BCUT2D eigenvalue weighted by Gasteiger charge is 2.16. The Balaban J connectivity index is 2.51. The molecule has 1 atom stereocenters. The fourth-order valence-electron chi connectivity index (χ4n) is 1.45. The number of rotatable bonds is 2. The third kappa shape index (κ3) is 2.48. The Bertz CT molecular complexity index is 574. The molecule has 1 aromatic carbocycles. The van der Waals surface area contributed by atoms with Gasteiger partial charge in [0.05, 0.1) is 10.7 Å². The average molecular weight is 273 g/mol. The highest BCUT2D eigenvalue weighted by atomic mass is 35.5. The van der Waals surface area contributed by atoms with Gasteiger partial charge in [-0.2, -0.15) is 0 Å². The van der Waals surface area contributed by atoms with Crippen LogP contribution in [0.25, 0.3) is 10.8 Å².